The van der Waals surface area contributed by atoms with Crippen LogP contribution in [0.25, 0.3) is 0 Å². The van der Waals surface area contributed by atoms with E-state index in [1.54, 1.807) is 21.0 Å². The lowest BCUT2D eigenvalue weighted by molar-refractivity contribution is -0.137. The van der Waals surface area contributed by atoms with Crippen molar-refractivity contribution >= 4 is 5.91 Å². The molecule has 1 heterocycles. The Balaban J connectivity index is 1.86. The van der Waals surface area contributed by atoms with Gasteiger partial charge >= 0.3 is 0 Å². The van der Waals surface area contributed by atoms with Gasteiger partial charge in [-0.05, 0) is 51.0 Å². The number of amides is 1. The second-order valence-corrected chi connectivity index (χ2v) is 6.47. The lowest BCUT2D eigenvalue weighted by atomic mass is 9.96. The molecule has 1 atom stereocenters. The van der Waals surface area contributed by atoms with Gasteiger partial charge in [0.2, 0.25) is 5.91 Å². The van der Waals surface area contributed by atoms with Gasteiger partial charge in [-0.2, -0.15) is 0 Å². The van der Waals surface area contributed by atoms with Crippen molar-refractivity contribution in [2.24, 2.45) is 11.7 Å². The number of nitrogens with zero attached hydrogens (tertiary/aromatic N) is 1. The van der Waals surface area contributed by atoms with Crippen molar-refractivity contribution in [3.05, 3.63) is 24.3 Å². The Bertz CT molecular complexity index is 494. The molecule has 0 spiro atoms. The van der Waals surface area contributed by atoms with Gasteiger partial charge in [0.05, 0.1) is 19.3 Å². The minimum atomic E-state index is -0.807. The van der Waals surface area contributed by atoms with E-state index in [4.69, 9.17) is 15.2 Å². The van der Waals surface area contributed by atoms with Crippen LogP contribution in [0.5, 0.6) is 11.5 Å². The summed E-state index contributed by atoms with van der Waals surface area (Å²) < 4.78 is 11.0. The van der Waals surface area contributed by atoms with E-state index in [-0.39, 0.29) is 5.91 Å². The third-order valence-corrected chi connectivity index (χ3v) is 3.90. The van der Waals surface area contributed by atoms with E-state index in [0.717, 1.165) is 37.4 Å². The highest BCUT2D eigenvalue weighted by molar-refractivity contribution is 5.85. The van der Waals surface area contributed by atoms with Crippen LogP contribution in [0.15, 0.2) is 24.3 Å². The van der Waals surface area contributed by atoms with Gasteiger partial charge in [-0.3, -0.25) is 4.79 Å². The molecule has 1 unspecified atom stereocenters. The Morgan fingerprint density at radius 1 is 1.32 bits per heavy atom. The molecular weight excluding hydrogens is 280 g/mol. The highest BCUT2D eigenvalue weighted by atomic mass is 16.5. The number of carbonyl (C=O) groups is 1. The molecule has 1 amide bonds. The number of likely N-dealkylation sites (tertiary alicyclic amines) is 1. The SMILES string of the molecule is COc1ccc(OCC2CCCN(C(=O)C(C)(C)N)C2)cc1. The Morgan fingerprint density at radius 2 is 1.95 bits per heavy atom. The number of methoxy groups -OCH3 is 1. The molecule has 1 aliphatic rings. The van der Waals surface area contributed by atoms with Crippen LogP contribution in [0, 0.1) is 5.92 Å². The van der Waals surface area contributed by atoms with Gasteiger partial charge in [0, 0.05) is 19.0 Å². The van der Waals surface area contributed by atoms with E-state index >= 15 is 0 Å². The average molecular weight is 306 g/mol. The smallest absolute Gasteiger partial charge is 0.242 e. The summed E-state index contributed by atoms with van der Waals surface area (Å²) in [7, 11) is 1.64. The summed E-state index contributed by atoms with van der Waals surface area (Å²) in [6, 6.07) is 7.55. The number of carbonyl (C=O) groups excluding carboxylic acids is 1. The zero-order valence-corrected chi connectivity index (χ0v) is 13.7. The van der Waals surface area contributed by atoms with E-state index in [1.165, 1.54) is 0 Å². The van der Waals surface area contributed by atoms with E-state index in [2.05, 4.69) is 0 Å². The van der Waals surface area contributed by atoms with E-state index < -0.39 is 5.54 Å². The average Bonchev–Trinajstić information content (AvgIpc) is 2.52. The van der Waals surface area contributed by atoms with Crippen LogP contribution < -0.4 is 15.2 Å². The topological polar surface area (TPSA) is 64.8 Å². The van der Waals surface area contributed by atoms with Crippen LogP contribution >= 0.6 is 0 Å². The molecule has 1 fully saturated rings. The van der Waals surface area contributed by atoms with Gasteiger partial charge in [-0.15, -0.1) is 0 Å². The van der Waals surface area contributed by atoms with Crippen molar-refractivity contribution in [1.82, 2.24) is 4.90 Å². The standard InChI is InChI=1S/C17H26N2O3/c1-17(2,18)16(20)19-10-4-5-13(11-19)12-22-15-8-6-14(21-3)7-9-15/h6-9,13H,4-5,10-12,18H2,1-3H3. The number of rotatable bonds is 5. The first-order valence-electron chi connectivity index (χ1n) is 7.75. The van der Waals surface area contributed by atoms with Crippen molar-refractivity contribution in [2.45, 2.75) is 32.2 Å². The van der Waals surface area contributed by atoms with E-state index in [9.17, 15) is 4.79 Å². The number of benzene rings is 1. The highest BCUT2D eigenvalue weighted by Gasteiger charge is 2.31. The van der Waals surface area contributed by atoms with Crippen LogP contribution in [0.2, 0.25) is 0 Å². The molecule has 2 N–H and O–H groups in total. The summed E-state index contributed by atoms with van der Waals surface area (Å²) in [6.45, 7) is 5.63. The van der Waals surface area contributed by atoms with Crippen LogP contribution in [0.1, 0.15) is 26.7 Å². The molecule has 5 heteroatoms. The fourth-order valence-corrected chi connectivity index (χ4v) is 2.68. The Labute approximate surface area is 132 Å². The zero-order chi connectivity index (χ0) is 16.2. The normalized spacial score (nSPS) is 18.9. The molecule has 1 aliphatic heterocycles. The molecular formula is C17H26N2O3. The fourth-order valence-electron chi connectivity index (χ4n) is 2.68. The van der Waals surface area contributed by atoms with Gasteiger partial charge in [0.15, 0.2) is 0 Å². The van der Waals surface area contributed by atoms with Crippen LogP contribution in [0.3, 0.4) is 0 Å². The quantitative estimate of drug-likeness (QED) is 0.904. The number of piperidine rings is 1. The molecule has 1 aromatic rings. The molecule has 22 heavy (non-hydrogen) atoms. The van der Waals surface area contributed by atoms with Crippen molar-refractivity contribution in [3.8, 4) is 11.5 Å². The predicted molar refractivity (Wildman–Crippen MR) is 86.1 cm³/mol. The largest absolute Gasteiger partial charge is 0.497 e. The van der Waals surface area contributed by atoms with E-state index in [0.29, 0.717) is 12.5 Å². The third kappa shape index (κ3) is 4.37. The van der Waals surface area contributed by atoms with Gasteiger partial charge < -0.3 is 20.1 Å². The van der Waals surface area contributed by atoms with Crippen molar-refractivity contribution < 1.29 is 14.3 Å². The molecule has 0 saturated carbocycles. The predicted octanol–water partition coefficient (Wildman–Crippen LogP) is 2.05. The number of hydrogen-bond donors (Lipinski definition) is 1. The van der Waals surface area contributed by atoms with Gasteiger partial charge in [-0.25, -0.2) is 0 Å². The van der Waals surface area contributed by atoms with E-state index in [1.807, 2.05) is 29.2 Å². The van der Waals surface area contributed by atoms with Crippen LogP contribution in [-0.2, 0) is 4.79 Å². The molecule has 5 nitrogen and oxygen atoms in total. The van der Waals surface area contributed by atoms with Crippen molar-refractivity contribution in [1.29, 1.82) is 0 Å². The lowest BCUT2D eigenvalue weighted by Gasteiger charge is -2.36. The first-order chi connectivity index (χ1) is 10.4. The van der Waals surface area contributed by atoms with Crippen molar-refractivity contribution in [3.63, 3.8) is 0 Å². The maximum Gasteiger partial charge on any atom is 0.242 e. The summed E-state index contributed by atoms with van der Waals surface area (Å²) in [5.74, 6) is 2.00. The maximum absolute atomic E-state index is 12.3. The number of ether oxygens (including phenoxy) is 2. The number of nitrogens with two attached hydrogens (primary N) is 1. The first kappa shape index (κ1) is 16.6. The van der Waals surface area contributed by atoms with Crippen LogP contribution in [-0.4, -0.2) is 43.2 Å². The molecule has 1 saturated heterocycles. The summed E-state index contributed by atoms with van der Waals surface area (Å²) in [6.07, 6.45) is 2.07. The first-order valence-corrected chi connectivity index (χ1v) is 7.75. The molecule has 0 bridgehead atoms. The maximum atomic E-state index is 12.3. The summed E-state index contributed by atoms with van der Waals surface area (Å²) in [5, 5.41) is 0. The monoisotopic (exact) mass is 306 g/mol. The second-order valence-electron chi connectivity index (χ2n) is 6.47. The Hall–Kier alpha value is -1.75. The summed E-state index contributed by atoms with van der Waals surface area (Å²) in [4.78, 5) is 14.1. The zero-order valence-electron chi connectivity index (χ0n) is 13.7. The van der Waals surface area contributed by atoms with Crippen LogP contribution in [0.4, 0.5) is 0 Å². The third-order valence-electron chi connectivity index (χ3n) is 3.90. The Morgan fingerprint density at radius 3 is 2.55 bits per heavy atom. The Kier molecular flexibility index (Phi) is 5.29. The summed E-state index contributed by atoms with van der Waals surface area (Å²) >= 11 is 0. The van der Waals surface area contributed by atoms with Gasteiger partial charge in [0.25, 0.3) is 0 Å². The molecule has 1 aromatic carbocycles. The second kappa shape index (κ2) is 7.01. The number of hydrogen-bond acceptors (Lipinski definition) is 4. The minimum Gasteiger partial charge on any atom is -0.497 e. The molecule has 122 valence electrons. The van der Waals surface area contributed by atoms with Gasteiger partial charge in [-0.1, -0.05) is 0 Å². The van der Waals surface area contributed by atoms with Crippen molar-refractivity contribution in [2.75, 3.05) is 26.8 Å². The molecule has 0 aromatic heterocycles. The molecule has 0 radical (unpaired) electrons. The van der Waals surface area contributed by atoms with Gasteiger partial charge in [0.1, 0.15) is 11.5 Å². The minimum absolute atomic E-state index is 0.0154. The fraction of sp³-hybridized carbons (Fsp3) is 0.588. The lowest BCUT2D eigenvalue weighted by Crippen LogP contribution is -2.54. The highest BCUT2D eigenvalue weighted by Crippen LogP contribution is 2.22. The molecule has 0 aliphatic carbocycles. The summed E-state index contributed by atoms with van der Waals surface area (Å²) in [5.41, 5.74) is 5.11. The molecule has 2 rings (SSSR count).